The second-order valence-corrected chi connectivity index (χ2v) is 5.22. The van der Waals surface area contributed by atoms with Crippen LogP contribution in [0.1, 0.15) is 25.5 Å². The fraction of sp³-hybridized carbons (Fsp3) is 0.636. The molecule has 0 radical (unpaired) electrons. The van der Waals surface area contributed by atoms with Crippen LogP contribution in [0.25, 0.3) is 0 Å². The molecule has 86 valence electrons. The number of carbonyl (C=O) groups is 1. The van der Waals surface area contributed by atoms with Crippen LogP contribution in [-0.4, -0.2) is 39.2 Å². The highest BCUT2D eigenvalue weighted by atomic mass is 16.3. The second kappa shape index (κ2) is 2.85. The average molecular weight is 221 g/mol. The summed E-state index contributed by atoms with van der Waals surface area (Å²) in [6.45, 7) is 2.75. The van der Waals surface area contributed by atoms with Gasteiger partial charge in [-0.3, -0.25) is 9.89 Å². The summed E-state index contributed by atoms with van der Waals surface area (Å²) in [5.41, 5.74) is -0.371. The number of amides is 1. The van der Waals surface area contributed by atoms with Crippen LogP contribution < -0.4 is 0 Å². The molecule has 1 saturated heterocycles. The molecule has 3 rings (SSSR count). The number of nitrogens with zero attached hydrogens (tertiary/aromatic N) is 2. The minimum absolute atomic E-state index is 0.144. The maximum absolute atomic E-state index is 12.0. The van der Waals surface area contributed by atoms with Gasteiger partial charge in [-0.2, -0.15) is 5.10 Å². The van der Waals surface area contributed by atoms with E-state index in [2.05, 4.69) is 10.2 Å². The van der Waals surface area contributed by atoms with Crippen LogP contribution in [0.5, 0.6) is 0 Å². The molecule has 0 unspecified atom stereocenters. The molecule has 2 heterocycles. The highest BCUT2D eigenvalue weighted by Gasteiger charge is 2.54. The number of hydrogen-bond acceptors (Lipinski definition) is 3. The number of aromatic nitrogens is 2. The Balaban J connectivity index is 1.68. The molecule has 5 heteroatoms. The zero-order chi connectivity index (χ0) is 11.4. The predicted molar refractivity (Wildman–Crippen MR) is 56.4 cm³/mol. The van der Waals surface area contributed by atoms with Crippen molar-refractivity contribution in [1.82, 2.24) is 15.1 Å². The third-order valence-electron chi connectivity index (χ3n) is 3.71. The summed E-state index contributed by atoms with van der Waals surface area (Å²) >= 11 is 0. The van der Waals surface area contributed by atoms with Gasteiger partial charge in [0.05, 0.1) is 18.8 Å². The van der Waals surface area contributed by atoms with Gasteiger partial charge in [0.2, 0.25) is 5.91 Å². The van der Waals surface area contributed by atoms with Crippen molar-refractivity contribution in [3.8, 4) is 0 Å². The highest BCUT2D eigenvalue weighted by Crippen LogP contribution is 2.48. The van der Waals surface area contributed by atoms with E-state index < -0.39 is 5.60 Å². The maximum atomic E-state index is 12.0. The van der Waals surface area contributed by atoms with E-state index >= 15 is 0 Å². The third kappa shape index (κ3) is 1.28. The first-order valence-electron chi connectivity index (χ1n) is 5.55. The molecule has 1 aromatic heterocycles. The van der Waals surface area contributed by atoms with Crippen LogP contribution >= 0.6 is 0 Å². The first-order valence-corrected chi connectivity index (χ1v) is 5.55. The molecule has 5 nitrogen and oxygen atoms in total. The molecule has 0 atom stereocenters. The van der Waals surface area contributed by atoms with Crippen molar-refractivity contribution < 1.29 is 9.90 Å². The topological polar surface area (TPSA) is 69.2 Å². The Morgan fingerprint density at radius 1 is 1.56 bits per heavy atom. The number of aromatic amines is 1. The van der Waals surface area contributed by atoms with E-state index in [0.29, 0.717) is 18.8 Å². The number of H-pyrrole nitrogens is 1. The van der Waals surface area contributed by atoms with Gasteiger partial charge in [0.1, 0.15) is 5.60 Å². The number of hydrogen-bond donors (Lipinski definition) is 2. The van der Waals surface area contributed by atoms with Crippen LogP contribution in [0.15, 0.2) is 12.3 Å². The lowest BCUT2D eigenvalue weighted by Crippen LogP contribution is -2.62. The second-order valence-electron chi connectivity index (χ2n) is 5.22. The van der Waals surface area contributed by atoms with Gasteiger partial charge >= 0.3 is 0 Å². The Bertz CT molecular complexity index is 416. The Morgan fingerprint density at radius 2 is 2.25 bits per heavy atom. The first-order chi connectivity index (χ1) is 7.54. The van der Waals surface area contributed by atoms with E-state index in [9.17, 15) is 9.90 Å². The molecule has 2 N–H and O–H groups in total. The molecule has 1 aliphatic carbocycles. The zero-order valence-electron chi connectivity index (χ0n) is 9.23. The Hall–Kier alpha value is -1.36. The quantitative estimate of drug-likeness (QED) is 0.751. The van der Waals surface area contributed by atoms with Gasteiger partial charge in [-0.1, -0.05) is 6.92 Å². The number of likely N-dealkylation sites (tertiary alicyclic amines) is 1. The number of β-amino-alcohol motifs (C(OH)–C–C–N with tert-alkyl or cyclic N) is 1. The summed E-state index contributed by atoms with van der Waals surface area (Å²) in [7, 11) is 0. The van der Waals surface area contributed by atoms with Crippen LogP contribution in [0.3, 0.4) is 0 Å². The van der Waals surface area contributed by atoms with Gasteiger partial charge in [-0.25, -0.2) is 0 Å². The number of rotatable bonds is 2. The summed E-state index contributed by atoms with van der Waals surface area (Å²) in [6.07, 6.45) is 3.57. The van der Waals surface area contributed by atoms with E-state index in [0.717, 1.165) is 12.8 Å². The summed E-state index contributed by atoms with van der Waals surface area (Å²) in [5.74, 6) is 0.177. The van der Waals surface area contributed by atoms with Gasteiger partial charge in [0.15, 0.2) is 0 Å². The standard InChI is InChI=1S/C11H15N3O2/c1-10(3-4-10)9(15)14-6-11(16,7-14)8-2-5-12-13-8/h2,5,16H,3-4,6-7H2,1H3,(H,12,13). The van der Waals surface area contributed by atoms with Crippen LogP contribution in [-0.2, 0) is 10.4 Å². The molecule has 1 amide bonds. The van der Waals surface area contributed by atoms with Crippen LogP contribution in [0.4, 0.5) is 0 Å². The van der Waals surface area contributed by atoms with Gasteiger partial charge in [0.25, 0.3) is 0 Å². The zero-order valence-corrected chi connectivity index (χ0v) is 9.23. The Morgan fingerprint density at radius 3 is 2.75 bits per heavy atom. The minimum Gasteiger partial charge on any atom is -0.380 e. The fourth-order valence-electron chi connectivity index (χ4n) is 2.20. The number of nitrogens with one attached hydrogen (secondary N) is 1. The lowest BCUT2D eigenvalue weighted by Gasteiger charge is -2.46. The Kier molecular flexibility index (Phi) is 1.75. The molecule has 0 aromatic carbocycles. The molecule has 2 fully saturated rings. The van der Waals surface area contributed by atoms with Gasteiger partial charge < -0.3 is 10.0 Å². The molecule has 2 aliphatic rings. The van der Waals surface area contributed by atoms with Crippen molar-refractivity contribution in [2.24, 2.45) is 5.41 Å². The van der Waals surface area contributed by atoms with E-state index in [1.54, 1.807) is 17.2 Å². The van der Waals surface area contributed by atoms with Gasteiger partial charge in [0, 0.05) is 11.6 Å². The molecule has 1 aliphatic heterocycles. The van der Waals surface area contributed by atoms with Gasteiger partial charge in [-0.15, -0.1) is 0 Å². The van der Waals surface area contributed by atoms with E-state index in [-0.39, 0.29) is 11.3 Å². The monoisotopic (exact) mass is 221 g/mol. The molecular weight excluding hydrogens is 206 g/mol. The summed E-state index contributed by atoms with van der Waals surface area (Å²) < 4.78 is 0. The molecule has 1 saturated carbocycles. The SMILES string of the molecule is CC1(C(=O)N2CC(O)(c3ccn[nH]3)C2)CC1. The molecule has 0 bridgehead atoms. The van der Waals surface area contributed by atoms with Crippen molar-refractivity contribution >= 4 is 5.91 Å². The first kappa shape index (κ1) is 9.84. The molecule has 1 aromatic rings. The molecule has 16 heavy (non-hydrogen) atoms. The van der Waals surface area contributed by atoms with Crippen molar-refractivity contribution in [3.63, 3.8) is 0 Å². The lowest BCUT2D eigenvalue weighted by molar-refractivity contribution is -0.163. The molecule has 0 spiro atoms. The van der Waals surface area contributed by atoms with E-state index in [4.69, 9.17) is 0 Å². The fourth-order valence-corrected chi connectivity index (χ4v) is 2.20. The normalized spacial score (nSPS) is 25.0. The minimum atomic E-state index is -0.919. The van der Waals surface area contributed by atoms with Crippen molar-refractivity contribution in [3.05, 3.63) is 18.0 Å². The lowest BCUT2D eigenvalue weighted by atomic mass is 9.89. The van der Waals surface area contributed by atoms with Crippen molar-refractivity contribution in [1.29, 1.82) is 0 Å². The summed E-state index contributed by atoms with van der Waals surface area (Å²) in [6, 6.07) is 1.75. The van der Waals surface area contributed by atoms with Crippen molar-refractivity contribution in [2.45, 2.75) is 25.4 Å². The van der Waals surface area contributed by atoms with Crippen LogP contribution in [0.2, 0.25) is 0 Å². The van der Waals surface area contributed by atoms with Gasteiger partial charge in [-0.05, 0) is 18.9 Å². The smallest absolute Gasteiger partial charge is 0.228 e. The van der Waals surface area contributed by atoms with E-state index in [1.807, 2.05) is 6.92 Å². The highest BCUT2D eigenvalue weighted by molar-refractivity contribution is 5.85. The van der Waals surface area contributed by atoms with E-state index in [1.165, 1.54) is 0 Å². The molecular formula is C11H15N3O2. The van der Waals surface area contributed by atoms with Crippen LogP contribution in [0, 0.1) is 5.41 Å². The maximum Gasteiger partial charge on any atom is 0.228 e. The summed E-state index contributed by atoms with van der Waals surface area (Å²) in [4.78, 5) is 13.7. The number of carbonyl (C=O) groups excluding carboxylic acids is 1. The number of aliphatic hydroxyl groups is 1. The predicted octanol–water partition coefficient (Wildman–Crippen LogP) is 0.240. The Labute approximate surface area is 93.5 Å². The third-order valence-corrected chi connectivity index (χ3v) is 3.71. The summed E-state index contributed by atoms with van der Waals surface area (Å²) in [5, 5.41) is 16.8. The average Bonchev–Trinajstić information content (AvgIpc) is 2.78. The van der Waals surface area contributed by atoms with Crippen molar-refractivity contribution in [2.75, 3.05) is 13.1 Å². The largest absolute Gasteiger partial charge is 0.380 e.